The van der Waals surface area contributed by atoms with Crippen LogP contribution in [0.5, 0.6) is 0 Å². The van der Waals surface area contributed by atoms with Crippen LogP contribution in [0.3, 0.4) is 0 Å². The molecular weight excluding hydrogens is 290 g/mol. The molecule has 0 saturated heterocycles. The first-order valence-corrected chi connectivity index (χ1v) is 7.25. The van der Waals surface area contributed by atoms with Crippen LogP contribution in [-0.4, -0.2) is 17.8 Å². The van der Waals surface area contributed by atoms with Crippen molar-refractivity contribution in [2.45, 2.75) is 46.3 Å². The number of hydrogen-bond acceptors (Lipinski definition) is 2. The zero-order chi connectivity index (χ0) is 13.8. The van der Waals surface area contributed by atoms with Gasteiger partial charge in [-0.05, 0) is 30.4 Å². The number of halogens is 1. The van der Waals surface area contributed by atoms with Crippen molar-refractivity contribution < 1.29 is 5.11 Å². The number of nitrogens with one attached hydrogen (secondary N) is 1. The lowest BCUT2D eigenvalue weighted by Gasteiger charge is -2.24. The molecule has 0 amide bonds. The minimum Gasteiger partial charge on any atom is -0.392 e. The van der Waals surface area contributed by atoms with Gasteiger partial charge in [0.25, 0.3) is 0 Å². The Kier molecular flexibility index (Phi) is 5.83. The lowest BCUT2D eigenvalue weighted by Crippen LogP contribution is -2.31. The summed E-state index contributed by atoms with van der Waals surface area (Å²) in [4.78, 5) is 0. The Hall–Kier alpha value is -0.380. The fourth-order valence-electron chi connectivity index (χ4n) is 2.03. The summed E-state index contributed by atoms with van der Waals surface area (Å²) >= 11 is 3.55. The molecule has 18 heavy (non-hydrogen) atoms. The highest BCUT2D eigenvalue weighted by Gasteiger charge is 2.17. The van der Waals surface area contributed by atoms with Gasteiger partial charge >= 0.3 is 0 Å². The standard InChI is InChI=1S/C15H24BrNO/c1-11(13-7-5-6-8-14(13)16)17-10-12(18)9-15(2,3)4/h5-8,11-12,17-18H,9-10H2,1-4H3. The Morgan fingerprint density at radius 3 is 2.44 bits per heavy atom. The highest BCUT2D eigenvalue weighted by molar-refractivity contribution is 9.10. The van der Waals surface area contributed by atoms with E-state index in [4.69, 9.17) is 0 Å². The van der Waals surface area contributed by atoms with Crippen LogP contribution < -0.4 is 5.32 Å². The van der Waals surface area contributed by atoms with Crippen LogP contribution in [0.15, 0.2) is 28.7 Å². The summed E-state index contributed by atoms with van der Waals surface area (Å²) in [5.74, 6) is 0. The molecule has 0 aliphatic carbocycles. The van der Waals surface area contributed by atoms with Crippen LogP contribution in [0.4, 0.5) is 0 Å². The van der Waals surface area contributed by atoms with Crippen molar-refractivity contribution in [1.29, 1.82) is 0 Å². The van der Waals surface area contributed by atoms with E-state index in [0.29, 0.717) is 6.54 Å². The van der Waals surface area contributed by atoms with E-state index in [1.165, 1.54) is 5.56 Å². The molecule has 2 atom stereocenters. The summed E-state index contributed by atoms with van der Waals surface area (Å²) in [7, 11) is 0. The fourth-order valence-corrected chi connectivity index (χ4v) is 2.66. The van der Waals surface area contributed by atoms with Gasteiger partial charge in [-0.15, -0.1) is 0 Å². The normalized spacial score (nSPS) is 15.4. The molecule has 0 aromatic heterocycles. The van der Waals surface area contributed by atoms with Crippen LogP contribution in [0.2, 0.25) is 0 Å². The van der Waals surface area contributed by atoms with E-state index < -0.39 is 0 Å². The second-order valence-corrected chi connectivity index (χ2v) is 6.92. The molecule has 0 aliphatic heterocycles. The Labute approximate surface area is 119 Å². The molecule has 1 rings (SSSR count). The number of aliphatic hydroxyl groups excluding tert-OH is 1. The van der Waals surface area contributed by atoms with E-state index in [1.807, 2.05) is 18.2 Å². The van der Waals surface area contributed by atoms with E-state index in [1.54, 1.807) is 0 Å². The molecule has 3 heteroatoms. The minimum atomic E-state index is -0.296. The molecule has 2 unspecified atom stereocenters. The number of hydrogen-bond donors (Lipinski definition) is 2. The third-order valence-electron chi connectivity index (χ3n) is 2.88. The lowest BCUT2D eigenvalue weighted by atomic mass is 9.89. The highest BCUT2D eigenvalue weighted by atomic mass is 79.9. The molecule has 0 saturated carbocycles. The smallest absolute Gasteiger partial charge is 0.0669 e. The highest BCUT2D eigenvalue weighted by Crippen LogP contribution is 2.24. The molecular formula is C15H24BrNO. The summed E-state index contributed by atoms with van der Waals surface area (Å²) < 4.78 is 1.11. The van der Waals surface area contributed by atoms with E-state index in [9.17, 15) is 5.11 Å². The maximum absolute atomic E-state index is 9.98. The second kappa shape index (κ2) is 6.69. The van der Waals surface area contributed by atoms with Crippen LogP contribution in [-0.2, 0) is 0 Å². The first-order valence-electron chi connectivity index (χ1n) is 6.45. The average molecular weight is 314 g/mol. The van der Waals surface area contributed by atoms with Crippen LogP contribution in [0.25, 0.3) is 0 Å². The molecule has 0 heterocycles. The van der Waals surface area contributed by atoms with Crippen molar-refractivity contribution >= 4 is 15.9 Å². The van der Waals surface area contributed by atoms with Gasteiger partial charge in [-0.25, -0.2) is 0 Å². The Morgan fingerprint density at radius 2 is 1.89 bits per heavy atom. The number of benzene rings is 1. The van der Waals surface area contributed by atoms with Gasteiger partial charge in [0, 0.05) is 17.1 Å². The van der Waals surface area contributed by atoms with Gasteiger partial charge in [-0.1, -0.05) is 54.9 Å². The van der Waals surface area contributed by atoms with E-state index in [-0.39, 0.29) is 17.6 Å². The predicted octanol–water partition coefficient (Wildman–Crippen LogP) is 3.90. The Bertz CT molecular complexity index is 373. The maximum atomic E-state index is 9.98. The molecule has 1 aromatic rings. The van der Waals surface area contributed by atoms with E-state index in [2.05, 4.69) is 55.0 Å². The molecule has 0 radical (unpaired) electrons. The largest absolute Gasteiger partial charge is 0.392 e. The summed E-state index contributed by atoms with van der Waals surface area (Å²) in [5, 5.41) is 13.4. The summed E-state index contributed by atoms with van der Waals surface area (Å²) in [6.45, 7) is 9.18. The van der Waals surface area contributed by atoms with Crippen molar-refractivity contribution in [3.05, 3.63) is 34.3 Å². The zero-order valence-corrected chi connectivity index (χ0v) is 13.3. The van der Waals surface area contributed by atoms with Crippen molar-refractivity contribution in [3.8, 4) is 0 Å². The van der Waals surface area contributed by atoms with Crippen molar-refractivity contribution in [2.75, 3.05) is 6.54 Å². The van der Waals surface area contributed by atoms with Gasteiger partial charge in [0.05, 0.1) is 6.10 Å². The van der Waals surface area contributed by atoms with E-state index >= 15 is 0 Å². The molecule has 1 aromatic carbocycles. The van der Waals surface area contributed by atoms with Crippen LogP contribution in [0, 0.1) is 5.41 Å². The third kappa shape index (κ3) is 5.51. The van der Waals surface area contributed by atoms with Crippen molar-refractivity contribution in [2.24, 2.45) is 5.41 Å². The van der Waals surface area contributed by atoms with Crippen LogP contribution in [0.1, 0.15) is 45.7 Å². The van der Waals surface area contributed by atoms with Gasteiger partial charge in [-0.2, -0.15) is 0 Å². The molecule has 102 valence electrons. The molecule has 0 aliphatic rings. The van der Waals surface area contributed by atoms with Crippen molar-refractivity contribution in [3.63, 3.8) is 0 Å². The first kappa shape index (κ1) is 15.7. The SMILES string of the molecule is CC(NCC(O)CC(C)(C)C)c1ccccc1Br. The third-order valence-corrected chi connectivity index (χ3v) is 3.60. The van der Waals surface area contributed by atoms with E-state index in [0.717, 1.165) is 10.9 Å². The number of rotatable bonds is 5. The molecule has 0 spiro atoms. The Balaban J connectivity index is 2.47. The Morgan fingerprint density at radius 1 is 1.28 bits per heavy atom. The predicted molar refractivity (Wildman–Crippen MR) is 80.6 cm³/mol. The average Bonchev–Trinajstić information content (AvgIpc) is 2.24. The van der Waals surface area contributed by atoms with Gasteiger partial charge in [0.2, 0.25) is 0 Å². The topological polar surface area (TPSA) is 32.3 Å². The van der Waals surface area contributed by atoms with Gasteiger partial charge in [-0.3, -0.25) is 0 Å². The van der Waals surface area contributed by atoms with Gasteiger partial charge in [0.15, 0.2) is 0 Å². The maximum Gasteiger partial charge on any atom is 0.0669 e. The summed E-state index contributed by atoms with van der Waals surface area (Å²) in [6, 6.07) is 8.41. The molecule has 2 nitrogen and oxygen atoms in total. The summed E-state index contributed by atoms with van der Waals surface area (Å²) in [6.07, 6.45) is 0.512. The van der Waals surface area contributed by atoms with Gasteiger partial charge in [0.1, 0.15) is 0 Å². The number of aliphatic hydroxyl groups is 1. The second-order valence-electron chi connectivity index (χ2n) is 6.07. The van der Waals surface area contributed by atoms with Crippen LogP contribution >= 0.6 is 15.9 Å². The lowest BCUT2D eigenvalue weighted by molar-refractivity contribution is 0.117. The van der Waals surface area contributed by atoms with Gasteiger partial charge < -0.3 is 10.4 Å². The molecule has 0 bridgehead atoms. The first-order chi connectivity index (χ1) is 8.29. The quantitative estimate of drug-likeness (QED) is 0.864. The molecule has 0 fully saturated rings. The monoisotopic (exact) mass is 313 g/mol. The van der Waals surface area contributed by atoms with Crippen molar-refractivity contribution in [1.82, 2.24) is 5.32 Å². The fraction of sp³-hybridized carbons (Fsp3) is 0.600. The zero-order valence-electron chi connectivity index (χ0n) is 11.7. The summed E-state index contributed by atoms with van der Waals surface area (Å²) in [5.41, 5.74) is 1.39. The minimum absolute atomic E-state index is 0.164. The molecule has 2 N–H and O–H groups in total.